The van der Waals surface area contributed by atoms with E-state index in [0.717, 1.165) is 6.42 Å². The van der Waals surface area contributed by atoms with E-state index >= 15 is 0 Å². The second kappa shape index (κ2) is 14.2. The van der Waals surface area contributed by atoms with Crippen LogP contribution < -0.4 is 37.2 Å². The number of allylic oxidation sites excluding steroid dienone is 4. The third-order valence-corrected chi connectivity index (χ3v) is 6.69. The molecule has 1 aliphatic rings. The van der Waals surface area contributed by atoms with Gasteiger partial charge in [-0.3, -0.25) is 0 Å². The fourth-order valence-electron chi connectivity index (χ4n) is 5.18. The molecule has 0 spiro atoms. The molecule has 0 atom stereocenters. The van der Waals surface area contributed by atoms with Crippen LogP contribution in [-0.2, 0) is 27.1 Å². The number of halogens is 3. The maximum atomic E-state index is 3.88. The van der Waals surface area contributed by atoms with Crippen LogP contribution >= 0.6 is 0 Å². The zero-order valence-corrected chi connectivity index (χ0v) is 25.1. The van der Waals surface area contributed by atoms with Crippen LogP contribution in [0.3, 0.4) is 0 Å². The van der Waals surface area contributed by atoms with Gasteiger partial charge in [0.25, 0.3) is 0 Å². The van der Waals surface area contributed by atoms with Gasteiger partial charge >= 0.3 is 21.7 Å². The van der Waals surface area contributed by atoms with E-state index < -0.39 is 5.41 Å². The third-order valence-electron chi connectivity index (χ3n) is 6.69. The van der Waals surface area contributed by atoms with Crippen LogP contribution in [0.5, 0.6) is 0 Å². The molecule has 0 fully saturated rings. The fourth-order valence-corrected chi connectivity index (χ4v) is 5.18. The molecule has 5 rings (SSSR count). The predicted octanol–water partition coefficient (Wildman–Crippen LogP) is -0.827. The van der Waals surface area contributed by atoms with E-state index in [0.29, 0.717) is 0 Å². The Labute approximate surface area is 255 Å². The molecule has 0 saturated carbocycles. The molecular weight excluding hydrogens is 551 g/mol. The normalized spacial score (nSPS) is 12.1. The van der Waals surface area contributed by atoms with Crippen LogP contribution in [0.25, 0.3) is 5.57 Å². The Morgan fingerprint density at radius 1 is 0.568 bits per heavy atom. The van der Waals surface area contributed by atoms with Gasteiger partial charge in [0, 0.05) is 0 Å². The Morgan fingerprint density at radius 3 is 1.41 bits per heavy atom. The minimum absolute atomic E-state index is 0. The molecule has 0 bridgehead atoms. The van der Waals surface area contributed by atoms with Crippen molar-refractivity contribution in [3.05, 3.63) is 160 Å². The molecule has 37 heavy (non-hydrogen) atoms. The summed E-state index contributed by atoms with van der Waals surface area (Å²) in [5.41, 5.74) is 11.0. The van der Waals surface area contributed by atoms with Crippen molar-refractivity contribution in [2.45, 2.75) is 32.6 Å². The maximum Gasteiger partial charge on any atom is 4.00 e. The van der Waals surface area contributed by atoms with E-state index in [-0.39, 0.29) is 58.9 Å². The summed E-state index contributed by atoms with van der Waals surface area (Å²) >= 11 is 0. The molecule has 0 N–H and O–H groups in total. The number of hydrogen-bond donors (Lipinski definition) is 0. The summed E-state index contributed by atoms with van der Waals surface area (Å²) in [6, 6.07) is 37.6. The molecule has 0 aromatic heterocycles. The van der Waals surface area contributed by atoms with Gasteiger partial charge in [0.1, 0.15) is 0 Å². The standard InChI is InChI=1S/C33H29.3ClH.Ti/c1-24-10-7-15-29(20-24)33(30-16-8-11-25(2)21-30,31-17-9-12-26(3)22-31)32-19-18-28(23-32)27-13-5-4-6-14-27;;;;/h4-18,20-22H,19H2,1-3H3;3*1H;/q-1;;;;+4/p-3. The Balaban J connectivity index is 0.00000171. The van der Waals surface area contributed by atoms with Gasteiger partial charge < -0.3 is 37.2 Å². The Morgan fingerprint density at radius 2 is 1.00 bits per heavy atom. The van der Waals surface area contributed by atoms with E-state index in [1.165, 1.54) is 50.1 Å². The van der Waals surface area contributed by atoms with Crippen LogP contribution in [0.15, 0.2) is 115 Å². The zero-order valence-electron chi connectivity index (χ0n) is 21.2. The average Bonchev–Trinajstić information content (AvgIpc) is 3.31. The van der Waals surface area contributed by atoms with Crippen molar-refractivity contribution in [1.82, 2.24) is 0 Å². The van der Waals surface area contributed by atoms with Crippen LogP contribution in [0.2, 0.25) is 0 Å². The largest absolute Gasteiger partial charge is 4.00 e. The van der Waals surface area contributed by atoms with Crippen molar-refractivity contribution in [3.8, 4) is 0 Å². The summed E-state index contributed by atoms with van der Waals surface area (Å²) in [5, 5.41) is 0. The summed E-state index contributed by atoms with van der Waals surface area (Å²) in [6.45, 7) is 6.55. The van der Waals surface area contributed by atoms with E-state index in [1.807, 2.05) is 0 Å². The number of aryl methyl sites for hydroxylation is 3. The molecule has 0 radical (unpaired) electrons. The fraction of sp³-hybridized carbons (Fsp3) is 0.152. The molecule has 0 aliphatic heterocycles. The van der Waals surface area contributed by atoms with E-state index in [1.54, 1.807) is 0 Å². The summed E-state index contributed by atoms with van der Waals surface area (Å²) in [7, 11) is 0. The maximum absolute atomic E-state index is 3.88. The van der Waals surface area contributed by atoms with Crippen molar-refractivity contribution in [3.63, 3.8) is 0 Å². The van der Waals surface area contributed by atoms with Crippen molar-refractivity contribution >= 4 is 5.57 Å². The van der Waals surface area contributed by atoms with Gasteiger partial charge in [-0.05, 0) is 37.5 Å². The summed E-state index contributed by atoms with van der Waals surface area (Å²) in [5.74, 6) is 0. The monoisotopic (exact) mass is 578 g/mol. The zero-order chi connectivity index (χ0) is 22.8. The SMILES string of the molecule is Cc1cccc(C(C2=[C-]C(c3ccccc3)=CC2)(c2cccc(C)c2)c2cccc(C)c2)c1.[Cl-].[Cl-].[Cl-].[Ti+4]. The first kappa shape index (κ1) is 33.0. The van der Waals surface area contributed by atoms with Crippen LogP contribution in [0.1, 0.15) is 45.4 Å². The third kappa shape index (κ3) is 6.51. The second-order valence-electron chi connectivity index (χ2n) is 9.15. The van der Waals surface area contributed by atoms with E-state index in [2.05, 4.69) is 136 Å². The molecule has 0 nitrogen and oxygen atoms in total. The first-order valence-corrected chi connectivity index (χ1v) is 11.7. The molecule has 0 unspecified atom stereocenters. The molecule has 186 valence electrons. The minimum Gasteiger partial charge on any atom is -1.00 e. The molecular formula is C33H29Cl3Ti. The van der Waals surface area contributed by atoms with Crippen molar-refractivity contribution in [1.29, 1.82) is 0 Å². The number of benzene rings is 4. The Hall–Kier alpha value is -2.06. The molecule has 0 heterocycles. The first-order valence-electron chi connectivity index (χ1n) is 11.7. The molecule has 4 heteroatoms. The first-order chi connectivity index (χ1) is 16.1. The van der Waals surface area contributed by atoms with Gasteiger partial charge in [-0.2, -0.15) is 17.7 Å². The van der Waals surface area contributed by atoms with Crippen molar-refractivity contribution in [2.75, 3.05) is 0 Å². The summed E-state index contributed by atoms with van der Waals surface area (Å²) < 4.78 is 0. The van der Waals surface area contributed by atoms with Gasteiger partial charge in [0.15, 0.2) is 0 Å². The van der Waals surface area contributed by atoms with E-state index in [9.17, 15) is 0 Å². The van der Waals surface area contributed by atoms with Gasteiger partial charge in [-0.1, -0.05) is 114 Å². The average molecular weight is 580 g/mol. The van der Waals surface area contributed by atoms with Gasteiger partial charge in [-0.25, -0.2) is 0 Å². The predicted molar refractivity (Wildman–Crippen MR) is 139 cm³/mol. The topological polar surface area (TPSA) is 0 Å². The molecule has 4 aromatic carbocycles. The van der Waals surface area contributed by atoms with E-state index in [4.69, 9.17) is 0 Å². The van der Waals surface area contributed by atoms with Crippen LogP contribution in [0.4, 0.5) is 0 Å². The number of rotatable bonds is 5. The second-order valence-corrected chi connectivity index (χ2v) is 9.15. The summed E-state index contributed by atoms with van der Waals surface area (Å²) in [4.78, 5) is 0. The summed E-state index contributed by atoms with van der Waals surface area (Å²) in [6.07, 6.45) is 7.09. The van der Waals surface area contributed by atoms with Crippen LogP contribution in [0, 0.1) is 26.8 Å². The number of hydrogen-bond acceptors (Lipinski definition) is 0. The Bertz CT molecular complexity index is 1260. The van der Waals surface area contributed by atoms with Gasteiger partial charge in [-0.15, -0.1) is 23.3 Å². The van der Waals surface area contributed by atoms with Crippen molar-refractivity contribution < 1.29 is 58.9 Å². The van der Waals surface area contributed by atoms with Gasteiger partial charge in [0.2, 0.25) is 0 Å². The smallest absolute Gasteiger partial charge is 1.00 e. The Kier molecular flexibility index (Phi) is 12.7. The van der Waals surface area contributed by atoms with Crippen LogP contribution in [-0.4, -0.2) is 0 Å². The van der Waals surface area contributed by atoms with Crippen molar-refractivity contribution in [2.24, 2.45) is 0 Å². The molecule has 0 saturated heterocycles. The molecule has 0 amide bonds. The quantitative estimate of drug-likeness (QED) is 0.165. The minimum atomic E-state index is -0.406. The van der Waals surface area contributed by atoms with Gasteiger partial charge in [0.05, 0.1) is 5.41 Å². The molecule has 1 aliphatic carbocycles. The molecule has 4 aromatic rings.